The highest BCUT2D eigenvalue weighted by Gasteiger charge is 2.18. The predicted molar refractivity (Wildman–Crippen MR) is 71.2 cm³/mol. The summed E-state index contributed by atoms with van der Waals surface area (Å²) < 4.78 is 12.9. The minimum atomic E-state index is -0.414. The Hall–Kier alpha value is -1.95. The standard InChI is InChI=1S/C13H18FN3O2/c1-9(13(19)15-2)17(3)8-12(18)16-11-6-4-5-10(14)7-11/h4-7,9H,8H2,1-3H3,(H,15,19)(H,16,18)/t9-/m0/s1. The topological polar surface area (TPSA) is 61.4 Å². The molecule has 0 fully saturated rings. The van der Waals surface area contributed by atoms with Gasteiger partial charge in [-0.05, 0) is 32.2 Å². The molecule has 6 heteroatoms. The van der Waals surface area contributed by atoms with Crippen molar-refractivity contribution in [3.63, 3.8) is 0 Å². The number of anilines is 1. The molecular formula is C13H18FN3O2. The molecule has 1 aromatic rings. The molecule has 19 heavy (non-hydrogen) atoms. The molecule has 0 saturated carbocycles. The highest BCUT2D eigenvalue weighted by Crippen LogP contribution is 2.09. The van der Waals surface area contributed by atoms with Gasteiger partial charge in [-0.25, -0.2) is 4.39 Å². The molecule has 1 rings (SSSR count). The number of carbonyl (C=O) groups is 2. The van der Waals surface area contributed by atoms with Crippen LogP contribution in [0.3, 0.4) is 0 Å². The van der Waals surface area contributed by atoms with Gasteiger partial charge in [0.2, 0.25) is 11.8 Å². The van der Waals surface area contributed by atoms with Crippen LogP contribution in [0, 0.1) is 5.82 Å². The fourth-order valence-electron chi connectivity index (χ4n) is 1.54. The third-order valence-electron chi connectivity index (χ3n) is 2.79. The number of likely N-dealkylation sites (N-methyl/N-ethyl adjacent to an activating group) is 2. The number of nitrogens with zero attached hydrogens (tertiary/aromatic N) is 1. The van der Waals surface area contributed by atoms with Gasteiger partial charge < -0.3 is 10.6 Å². The van der Waals surface area contributed by atoms with Crippen molar-refractivity contribution in [3.05, 3.63) is 30.1 Å². The molecule has 1 aromatic carbocycles. The second-order valence-corrected chi connectivity index (χ2v) is 4.26. The Morgan fingerprint density at radius 1 is 1.42 bits per heavy atom. The number of hydrogen-bond acceptors (Lipinski definition) is 3. The summed E-state index contributed by atoms with van der Waals surface area (Å²) >= 11 is 0. The van der Waals surface area contributed by atoms with Crippen molar-refractivity contribution >= 4 is 17.5 Å². The van der Waals surface area contributed by atoms with E-state index in [9.17, 15) is 14.0 Å². The van der Waals surface area contributed by atoms with Crippen molar-refractivity contribution in [1.82, 2.24) is 10.2 Å². The van der Waals surface area contributed by atoms with Crippen LogP contribution < -0.4 is 10.6 Å². The summed E-state index contributed by atoms with van der Waals surface area (Å²) in [4.78, 5) is 24.8. The number of amides is 2. The van der Waals surface area contributed by atoms with Crippen molar-refractivity contribution in [2.45, 2.75) is 13.0 Å². The fourth-order valence-corrected chi connectivity index (χ4v) is 1.54. The SMILES string of the molecule is CNC(=O)[C@H](C)N(C)CC(=O)Nc1cccc(F)c1. The van der Waals surface area contributed by atoms with Crippen LogP contribution in [0.4, 0.5) is 10.1 Å². The van der Waals surface area contributed by atoms with Crippen LogP contribution in [0.25, 0.3) is 0 Å². The van der Waals surface area contributed by atoms with E-state index in [1.807, 2.05) is 0 Å². The number of benzene rings is 1. The van der Waals surface area contributed by atoms with Gasteiger partial charge in [-0.2, -0.15) is 0 Å². The van der Waals surface area contributed by atoms with Crippen molar-refractivity contribution < 1.29 is 14.0 Å². The summed E-state index contributed by atoms with van der Waals surface area (Å²) in [5.41, 5.74) is 0.394. The van der Waals surface area contributed by atoms with Gasteiger partial charge in [0.1, 0.15) is 5.82 Å². The Morgan fingerprint density at radius 3 is 2.68 bits per heavy atom. The van der Waals surface area contributed by atoms with E-state index in [1.165, 1.54) is 18.2 Å². The van der Waals surface area contributed by atoms with Crippen molar-refractivity contribution in [2.24, 2.45) is 0 Å². The Bertz CT molecular complexity index is 465. The van der Waals surface area contributed by atoms with Gasteiger partial charge in [0.05, 0.1) is 12.6 Å². The maximum atomic E-state index is 12.9. The molecule has 0 saturated heterocycles. The average Bonchev–Trinajstić information content (AvgIpc) is 2.36. The van der Waals surface area contributed by atoms with Gasteiger partial charge in [-0.1, -0.05) is 6.07 Å². The Balaban J connectivity index is 2.53. The maximum absolute atomic E-state index is 12.9. The number of nitrogens with one attached hydrogen (secondary N) is 2. The molecule has 0 heterocycles. The lowest BCUT2D eigenvalue weighted by atomic mass is 10.2. The molecule has 0 aliphatic rings. The summed E-state index contributed by atoms with van der Waals surface area (Å²) in [6.45, 7) is 1.75. The lowest BCUT2D eigenvalue weighted by molar-refractivity contribution is -0.126. The third kappa shape index (κ3) is 4.67. The van der Waals surface area contributed by atoms with E-state index in [0.717, 1.165) is 0 Å². The second kappa shape index (κ2) is 6.84. The molecule has 0 unspecified atom stereocenters. The first kappa shape index (κ1) is 15.1. The Morgan fingerprint density at radius 2 is 2.11 bits per heavy atom. The summed E-state index contributed by atoms with van der Waals surface area (Å²) in [5, 5.41) is 5.09. The van der Waals surface area contributed by atoms with Crippen LogP contribution in [-0.2, 0) is 9.59 Å². The van der Waals surface area contributed by atoms with E-state index < -0.39 is 11.9 Å². The minimum Gasteiger partial charge on any atom is -0.358 e. The first-order valence-electron chi connectivity index (χ1n) is 5.91. The van der Waals surface area contributed by atoms with Crippen molar-refractivity contribution in [2.75, 3.05) is 26.0 Å². The van der Waals surface area contributed by atoms with Crippen LogP contribution >= 0.6 is 0 Å². The Labute approximate surface area is 111 Å². The number of hydrogen-bond donors (Lipinski definition) is 2. The van der Waals surface area contributed by atoms with Crippen molar-refractivity contribution in [1.29, 1.82) is 0 Å². The van der Waals surface area contributed by atoms with Gasteiger partial charge >= 0.3 is 0 Å². The molecule has 0 radical (unpaired) electrons. The molecule has 2 N–H and O–H groups in total. The predicted octanol–water partition coefficient (Wildman–Crippen LogP) is 0.831. The van der Waals surface area contributed by atoms with E-state index in [2.05, 4.69) is 10.6 Å². The van der Waals surface area contributed by atoms with E-state index in [-0.39, 0.29) is 18.4 Å². The second-order valence-electron chi connectivity index (χ2n) is 4.26. The number of rotatable bonds is 5. The molecule has 0 aliphatic carbocycles. The smallest absolute Gasteiger partial charge is 0.238 e. The molecular weight excluding hydrogens is 249 g/mol. The van der Waals surface area contributed by atoms with E-state index in [0.29, 0.717) is 5.69 Å². The third-order valence-corrected chi connectivity index (χ3v) is 2.79. The molecule has 104 valence electrons. The van der Waals surface area contributed by atoms with E-state index in [1.54, 1.807) is 32.0 Å². The summed E-state index contributed by atoms with van der Waals surface area (Å²) in [5.74, 6) is -0.880. The first-order valence-corrected chi connectivity index (χ1v) is 5.91. The van der Waals surface area contributed by atoms with Crippen LogP contribution in [-0.4, -0.2) is 43.4 Å². The molecule has 0 aliphatic heterocycles. The summed E-state index contributed by atoms with van der Waals surface area (Å²) in [6, 6.07) is 5.24. The highest BCUT2D eigenvalue weighted by molar-refractivity contribution is 5.92. The zero-order valence-corrected chi connectivity index (χ0v) is 11.2. The van der Waals surface area contributed by atoms with E-state index >= 15 is 0 Å². The van der Waals surface area contributed by atoms with Crippen LogP contribution in [0.2, 0.25) is 0 Å². The highest BCUT2D eigenvalue weighted by atomic mass is 19.1. The van der Waals surface area contributed by atoms with Gasteiger partial charge in [0, 0.05) is 12.7 Å². The number of halogens is 1. The molecule has 0 bridgehead atoms. The normalized spacial score (nSPS) is 12.1. The Kier molecular flexibility index (Phi) is 5.44. The van der Waals surface area contributed by atoms with Crippen LogP contribution in [0.1, 0.15) is 6.92 Å². The van der Waals surface area contributed by atoms with Crippen LogP contribution in [0.5, 0.6) is 0 Å². The van der Waals surface area contributed by atoms with Gasteiger partial charge in [0.15, 0.2) is 0 Å². The fraction of sp³-hybridized carbons (Fsp3) is 0.385. The lowest BCUT2D eigenvalue weighted by Crippen LogP contribution is -2.44. The van der Waals surface area contributed by atoms with Crippen LogP contribution in [0.15, 0.2) is 24.3 Å². The molecule has 2 amide bonds. The summed E-state index contributed by atoms with van der Waals surface area (Å²) in [7, 11) is 3.21. The lowest BCUT2D eigenvalue weighted by Gasteiger charge is -2.22. The summed E-state index contributed by atoms with van der Waals surface area (Å²) in [6.07, 6.45) is 0. The molecule has 1 atom stereocenters. The largest absolute Gasteiger partial charge is 0.358 e. The van der Waals surface area contributed by atoms with Gasteiger partial charge in [-0.15, -0.1) is 0 Å². The molecule has 0 spiro atoms. The zero-order chi connectivity index (χ0) is 14.4. The first-order chi connectivity index (χ1) is 8.93. The zero-order valence-electron chi connectivity index (χ0n) is 11.2. The molecule has 5 nitrogen and oxygen atoms in total. The maximum Gasteiger partial charge on any atom is 0.238 e. The number of carbonyl (C=O) groups excluding carboxylic acids is 2. The van der Waals surface area contributed by atoms with Gasteiger partial charge in [-0.3, -0.25) is 14.5 Å². The van der Waals surface area contributed by atoms with Gasteiger partial charge in [0.25, 0.3) is 0 Å². The van der Waals surface area contributed by atoms with E-state index in [4.69, 9.17) is 0 Å². The monoisotopic (exact) mass is 267 g/mol. The average molecular weight is 267 g/mol. The minimum absolute atomic E-state index is 0.0467. The van der Waals surface area contributed by atoms with Crippen molar-refractivity contribution in [3.8, 4) is 0 Å². The molecule has 0 aromatic heterocycles. The quantitative estimate of drug-likeness (QED) is 0.830.